The Hall–Kier alpha value is -2.17. The number of nitrogens with one attached hydrogen (secondary N) is 1. The number of hydrogen-bond donors (Lipinski definition) is 2. The van der Waals surface area contributed by atoms with Gasteiger partial charge in [0.15, 0.2) is 0 Å². The van der Waals surface area contributed by atoms with E-state index in [1.165, 1.54) is 28.5 Å². The lowest BCUT2D eigenvalue weighted by molar-refractivity contribution is 0.108. The Morgan fingerprint density at radius 3 is 2.58 bits per heavy atom. The highest BCUT2D eigenvalue weighted by Crippen LogP contribution is 2.32. The highest BCUT2D eigenvalue weighted by atomic mass is 32.1. The molecule has 4 heteroatoms. The largest absolute Gasteiger partial charge is 0.316 e. The number of alkyl halides is 2. The Kier molecular flexibility index (Phi) is 5.74. The van der Waals surface area contributed by atoms with Gasteiger partial charge in [-0.15, -0.1) is 12.6 Å². The highest BCUT2D eigenvalue weighted by Gasteiger charge is 2.25. The van der Waals surface area contributed by atoms with Gasteiger partial charge in [0.05, 0.1) is 0 Å². The van der Waals surface area contributed by atoms with Crippen LogP contribution in [0.15, 0.2) is 72.8 Å². The van der Waals surface area contributed by atoms with Crippen molar-refractivity contribution in [1.29, 1.82) is 0 Å². The van der Waals surface area contributed by atoms with Gasteiger partial charge in [0.1, 0.15) is 0 Å². The molecule has 0 amide bonds. The second kappa shape index (κ2) is 8.02. The van der Waals surface area contributed by atoms with Crippen LogP contribution in [0.1, 0.15) is 29.7 Å². The van der Waals surface area contributed by atoms with E-state index in [1.54, 1.807) is 12.1 Å². The van der Waals surface area contributed by atoms with Crippen molar-refractivity contribution in [2.45, 2.75) is 18.2 Å². The zero-order valence-corrected chi connectivity index (χ0v) is 15.4. The minimum Gasteiger partial charge on any atom is -0.307 e. The molecule has 26 heavy (non-hydrogen) atoms. The van der Waals surface area contributed by atoms with E-state index in [-0.39, 0.29) is 11.6 Å². The molecular weight excluding hydrogens is 348 g/mol. The molecule has 0 unspecified atom stereocenters. The van der Waals surface area contributed by atoms with Gasteiger partial charge >= 0.3 is 5.25 Å². The Labute approximate surface area is 158 Å². The molecule has 0 bridgehead atoms. The summed E-state index contributed by atoms with van der Waals surface area (Å²) in [5, 5.41) is 2.80. The van der Waals surface area contributed by atoms with Crippen molar-refractivity contribution < 1.29 is 8.78 Å². The maximum Gasteiger partial charge on any atom is 0.316 e. The molecule has 1 nitrogen and oxygen atoms in total. The molecule has 0 fully saturated rings. The third-order valence-electron chi connectivity index (χ3n) is 4.38. The lowest BCUT2D eigenvalue weighted by atomic mass is 10.00. The summed E-state index contributed by atoms with van der Waals surface area (Å²) in [6.07, 6.45) is 3.78. The second-order valence-electron chi connectivity index (χ2n) is 6.27. The summed E-state index contributed by atoms with van der Waals surface area (Å²) in [4.78, 5) is 0. The first kappa shape index (κ1) is 18.6. The van der Waals surface area contributed by atoms with E-state index in [0.29, 0.717) is 6.54 Å². The summed E-state index contributed by atoms with van der Waals surface area (Å²) in [6.45, 7) is 2.77. The van der Waals surface area contributed by atoms with Crippen molar-refractivity contribution in [2.24, 2.45) is 0 Å². The van der Waals surface area contributed by atoms with Gasteiger partial charge in [-0.2, -0.15) is 8.78 Å². The average Bonchev–Trinajstić information content (AvgIpc) is 2.64. The fourth-order valence-electron chi connectivity index (χ4n) is 3.01. The average molecular weight is 369 g/mol. The molecule has 0 spiro atoms. The van der Waals surface area contributed by atoms with Gasteiger partial charge in [0, 0.05) is 18.2 Å². The van der Waals surface area contributed by atoms with E-state index in [9.17, 15) is 8.78 Å². The number of benzene rings is 3. The molecule has 3 rings (SSSR count). The summed E-state index contributed by atoms with van der Waals surface area (Å²) in [7, 11) is 0. The predicted octanol–water partition coefficient (Wildman–Crippen LogP) is 6.18. The normalized spacial score (nSPS) is 13.4. The fraction of sp³-hybridized carbons (Fsp3) is 0.182. The molecule has 134 valence electrons. The lowest BCUT2D eigenvalue weighted by Crippen LogP contribution is -2.18. The maximum absolute atomic E-state index is 13.3. The molecule has 3 aromatic rings. The number of halogens is 2. The minimum absolute atomic E-state index is 0.0972. The maximum atomic E-state index is 13.3. The van der Waals surface area contributed by atoms with Crippen molar-refractivity contribution in [3.63, 3.8) is 0 Å². The molecule has 1 N–H and O–H groups in total. The molecule has 0 aliphatic heterocycles. The molecule has 3 aromatic carbocycles. The first-order valence-corrected chi connectivity index (χ1v) is 8.98. The molecule has 0 aliphatic rings. The molecule has 0 saturated heterocycles. The van der Waals surface area contributed by atoms with Crippen LogP contribution < -0.4 is 5.32 Å². The van der Waals surface area contributed by atoms with Crippen molar-refractivity contribution in [1.82, 2.24) is 5.32 Å². The van der Waals surface area contributed by atoms with Crippen LogP contribution in [-0.4, -0.2) is 6.54 Å². The fourth-order valence-corrected chi connectivity index (χ4v) is 3.15. The quantitative estimate of drug-likeness (QED) is 0.494. The van der Waals surface area contributed by atoms with Crippen LogP contribution in [-0.2, 0) is 5.25 Å². The monoisotopic (exact) mass is 369 g/mol. The Morgan fingerprint density at radius 2 is 1.77 bits per heavy atom. The third-order valence-corrected chi connectivity index (χ3v) is 4.63. The van der Waals surface area contributed by atoms with E-state index in [4.69, 9.17) is 0 Å². The number of fused-ring (bicyclic) bond motifs is 1. The summed E-state index contributed by atoms with van der Waals surface area (Å²) >= 11 is 3.33. The van der Waals surface area contributed by atoms with Gasteiger partial charge < -0.3 is 5.32 Å². The zero-order valence-electron chi connectivity index (χ0n) is 14.5. The van der Waals surface area contributed by atoms with Gasteiger partial charge in [0.2, 0.25) is 0 Å². The van der Waals surface area contributed by atoms with Crippen LogP contribution in [0.5, 0.6) is 0 Å². The molecule has 0 aromatic heterocycles. The predicted molar refractivity (Wildman–Crippen MR) is 109 cm³/mol. The minimum atomic E-state index is -3.12. The van der Waals surface area contributed by atoms with Crippen molar-refractivity contribution in [2.75, 3.05) is 6.54 Å². The summed E-state index contributed by atoms with van der Waals surface area (Å²) in [6, 6.07) is 21.0. The van der Waals surface area contributed by atoms with Crippen LogP contribution in [0.4, 0.5) is 8.78 Å². The van der Waals surface area contributed by atoms with Crippen LogP contribution in [0.2, 0.25) is 0 Å². The number of rotatable bonds is 6. The summed E-state index contributed by atoms with van der Waals surface area (Å²) < 4.78 is 26.5. The first-order valence-electron chi connectivity index (χ1n) is 8.53. The summed E-state index contributed by atoms with van der Waals surface area (Å²) in [5.74, 6) is 0. The second-order valence-corrected chi connectivity index (χ2v) is 6.83. The van der Waals surface area contributed by atoms with Crippen molar-refractivity contribution >= 4 is 29.5 Å². The highest BCUT2D eigenvalue weighted by molar-refractivity contribution is 7.81. The van der Waals surface area contributed by atoms with E-state index < -0.39 is 5.25 Å². The van der Waals surface area contributed by atoms with Crippen LogP contribution in [0.3, 0.4) is 0 Å². The standard InChI is InChI=1S/C22H21F2NS/c1-16(20-13-5-10-18-9-2-3-12-21(18)20)25-14-6-8-17-7-4-11-19(15-17)22(23,24)26/h2-13,15-16,25-26H,14H2,1H3/b8-6+/t16-/m1/s1. The first-order chi connectivity index (χ1) is 12.4. The van der Waals surface area contributed by atoms with E-state index in [1.807, 2.05) is 24.3 Å². The van der Waals surface area contributed by atoms with Crippen molar-refractivity contribution in [3.8, 4) is 0 Å². The molecule has 1 atom stereocenters. The summed E-state index contributed by atoms with van der Waals surface area (Å²) in [5.41, 5.74) is 1.88. The number of thiol groups is 1. The number of hydrogen-bond acceptors (Lipinski definition) is 2. The van der Waals surface area contributed by atoms with Gasteiger partial charge in [-0.25, -0.2) is 0 Å². The van der Waals surface area contributed by atoms with Gasteiger partial charge in [-0.05, 0) is 34.9 Å². The molecular formula is C22H21F2NS. The van der Waals surface area contributed by atoms with Crippen molar-refractivity contribution in [3.05, 3.63) is 89.5 Å². The Balaban J connectivity index is 1.65. The van der Waals surface area contributed by atoms with Crippen LogP contribution in [0, 0.1) is 0 Å². The lowest BCUT2D eigenvalue weighted by Gasteiger charge is -2.15. The smallest absolute Gasteiger partial charge is 0.307 e. The van der Waals surface area contributed by atoms with Gasteiger partial charge in [-0.3, -0.25) is 0 Å². The van der Waals surface area contributed by atoms with E-state index in [2.05, 4.69) is 55.2 Å². The van der Waals surface area contributed by atoms with Gasteiger partial charge in [0.25, 0.3) is 0 Å². The molecule has 0 radical (unpaired) electrons. The molecule has 0 saturated carbocycles. The van der Waals surface area contributed by atoms with E-state index in [0.717, 1.165) is 5.56 Å². The molecule has 0 heterocycles. The van der Waals surface area contributed by atoms with Gasteiger partial charge in [-0.1, -0.05) is 72.8 Å². The Bertz CT molecular complexity index is 910. The zero-order chi connectivity index (χ0) is 18.6. The van der Waals surface area contributed by atoms with Crippen LogP contribution in [0.25, 0.3) is 16.8 Å². The van der Waals surface area contributed by atoms with E-state index >= 15 is 0 Å². The topological polar surface area (TPSA) is 12.0 Å². The van der Waals surface area contributed by atoms with Crippen LogP contribution >= 0.6 is 12.6 Å². The third kappa shape index (κ3) is 4.51. The Morgan fingerprint density at radius 1 is 1.04 bits per heavy atom. The molecule has 0 aliphatic carbocycles. The SMILES string of the molecule is C[C@@H](NC/C=C/c1cccc(C(F)(F)S)c1)c1cccc2ccccc12.